The summed E-state index contributed by atoms with van der Waals surface area (Å²) in [6, 6.07) is 12.0. The Balaban J connectivity index is 1.94. The molecule has 0 atom stereocenters. The van der Waals surface area contributed by atoms with Crippen molar-refractivity contribution in [1.82, 2.24) is 5.32 Å². The van der Waals surface area contributed by atoms with Crippen molar-refractivity contribution in [3.63, 3.8) is 0 Å². The van der Waals surface area contributed by atoms with E-state index in [9.17, 15) is 19.7 Å². The van der Waals surface area contributed by atoms with Gasteiger partial charge in [-0.15, -0.1) is 6.42 Å². The molecule has 2 amide bonds. The predicted octanol–water partition coefficient (Wildman–Crippen LogP) is 1.94. The lowest BCUT2D eigenvalue weighted by molar-refractivity contribution is -0.384. The lowest BCUT2D eigenvalue weighted by Gasteiger charge is -2.07. The Bertz CT molecular complexity index is 840. The number of terminal acetylenes is 1. The fraction of sp³-hybridized carbons (Fsp3) is 0.0588. The standard InChI is InChI=1S/C17H13N3O4/c1-2-12-5-3-7-14(9-12)19-16(21)11-18-17(22)13-6-4-8-15(10-13)20(23)24/h1,3-10H,11H2,(H,18,22)(H,19,21). The summed E-state index contributed by atoms with van der Waals surface area (Å²) in [5, 5.41) is 15.7. The minimum absolute atomic E-state index is 0.103. The maximum Gasteiger partial charge on any atom is 0.270 e. The van der Waals surface area contributed by atoms with Gasteiger partial charge in [-0.2, -0.15) is 0 Å². The van der Waals surface area contributed by atoms with Crippen molar-refractivity contribution >= 4 is 23.2 Å². The highest BCUT2D eigenvalue weighted by molar-refractivity contribution is 5.99. The van der Waals surface area contributed by atoms with Crippen LogP contribution in [0.5, 0.6) is 0 Å². The predicted molar refractivity (Wildman–Crippen MR) is 88.4 cm³/mol. The first-order valence-corrected chi connectivity index (χ1v) is 6.89. The topological polar surface area (TPSA) is 101 Å². The van der Waals surface area contributed by atoms with E-state index in [-0.39, 0.29) is 17.8 Å². The van der Waals surface area contributed by atoms with E-state index in [4.69, 9.17) is 6.42 Å². The molecule has 2 rings (SSSR count). The highest BCUT2D eigenvalue weighted by Gasteiger charge is 2.12. The van der Waals surface area contributed by atoms with Gasteiger partial charge in [-0.1, -0.05) is 18.1 Å². The molecule has 0 radical (unpaired) electrons. The molecule has 7 heteroatoms. The van der Waals surface area contributed by atoms with Crippen molar-refractivity contribution in [3.05, 3.63) is 69.8 Å². The second kappa shape index (κ2) is 7.56. The largest absolute Gasteiger partial charge is 0.343 e. The molecular formula is C17H13N3O4. The summed E-state index contributed by atoms with van der Waals surface area (Å²) in [4.78, 5) is 33.9. The molecule has 0 aliphatic rings. The molecule has 0 aliphatic carbocycles. The highest BCUT2D eigenvalue weighted by Crippen LogP contribution is 2.13. The molecule has 120 valence electrons. The molecule has 0 saturated heterocycles. The third-order valence-electron chi connectivity index (χ3n) is 3.04. The summed E-state index contributed by atoms with van der Waals surface area (Å²) in [5.74, 6) is 1.43. The molecule has 7 nitrogen and oxygen atoms in total. The summed E-state index contributed by atoms with van der Waals surface area (Å²) in [6.45, 7) is -0.276. The number of hydrogen-bond acceptors (Lipinski definition) is 4. The van der Waals surface area contributed by atoms with E-state index < -0.39 is 16.7 Å². The number of hydrogen-bond donors (Lipinski definition) is 2. The number of nitrogens with zero attached hydrogens (tertiary/aromatic N) is 1. The Kier molecular flexibility index (Phi) is 5.26. The summed E-state index contributed by atoms with van der Waals surface area (Å²) in [7, 11) is 0. The van der Waals surface area contributed by atoms with Crippen LogP contribution < -0.4 is 10.6 Å². The molecule has 2 N–H and O–H groups in total. The van der Waals surface area contributed by atoms with E-state index >= 15 is 0 Å². The van der Waals surface area contributed by atoms with Gasteiger partial charge in [0, 0.05) is 28.9 Å². The number of carbonyl (C=O) groups excluding carboxylic acids is 2. The van der Waals surface area contributed by atoms with Crippen molar-refractivity contribution in [2.75, 3.05) is 11.9 Å². The van der Waals surface area contributed by atoms with Crippen LogP contribution in [-0.4, -0.2) is 23.3 Å². The number of amides is 2. The third kappa shape index (κ3) is 4.42. The van der Waals surface area contributed by atoms with Crippen LogP contribution in [0.1, 0.15) is 15.9 Å². The molecule has 0 bridgehead atoms. The molecule has 0 saturated carbocycles. The van der Waals surface area contributed by atoms with Gasteiger partial charge in [0.15, 0.2) is 0 Å². The zero-order valence-corrected chi connectivity index (χ0v) is 12.5. The van der Waals surface area contributed by atoms with Gasteiger partial charge in [0.2, 0.25) is 5.91 Å². The van der Waals surface area contributed by atoms with Gasteiger partial charge in [0.25, 0.3) is 11.6 Å². The maximum atomic E-state index is 11.9. The average Bonchev–Trinajstić information content (AvgIpc) is 2.60. The number of nitro groups is 1. The normalized spacial score (nSPS) is 9.62. The molecule has 0 fully saturated rings. The van der Waals surface area contributed by atoms with E-state index in [1.165, 1.54) is 18.2 Å². The molecule has 0 spiro atoms. The van der Waals surface area contributed by atoms with E-state index in [0.29, 0.717) is 11.3 Å². The lowest BCUT2D eigenvalue weighted by atomic mass is 10.2. The Hall–Kier alpha value is -3.66. The van der Waals surface area contributed by atoms with Crippen molar-refractivity contribution in [2.45, 2.75) is 0 Å². The van der Waals surface area contributed by atoms with E-state index in [1.807, 2.05) is 0 Å². The minimum Gasteiger partial charge on any atom is -0.343 e. The minimum atomic E-state index is -0.595. The third-order valence-corrected chi connectivity index (χ3v) is 3.04. The Morgan fingerprint density at radius 3 is 2.62 bits per heavy atom. The number of benzene rings is 2. The van der Waals surface area contributed by atoms with E-state index in [1.54, 1.807) is 24.3 Å². The first-order valence-electron chi connectivity index (χ1n) is 6.89. The van der Waals surface area contributed by atoms with Crippen LogP contribution in [0.15, 0.2) is 48.5 Å². The van der Waals surface area contributed by atoms with E-state index in [2.05, 4.69) is 16.6 Å². The Morgan fingerprint density at radius 2 is 1.92 bits per heavy atom. The fourth-order valence-corrected chi connectivity index (χ4v) is 1.92. The Labute approximate surface area is 137 Å². The summed E-state index contributed by atoms with van der Waals surface area (Å²) >= 11 is 0. The van der Waals surface area contributed by atoms with Gasteiger partial charge >= 0.3 is 0 Å². The van der Waals surface area contributed by atoms with Crippen LogP contribution in [0, 0.1) is 22.5 Å². The van der Waals surface area contributed by atoms with Gasteiger partial charge in [-0.3, -0.25) is 19.7 Å². The summed E-state index contributed by atoms with van der Waals surface area (Å²) in [5.41, 5.74) is 1.04. The van der Waals surface area contributed by atoms with Gasteiger partial charge < -0.3 is 10.6 Å². The smallest absolute Gasteiger partial charge is 0.270 e. The van der Waals surface area contributed by atoms with Crippen LogP contribution in [0.3, 0.4) is 0 Å². The van der Waals surface area contributed by atoms with E-state index in [0.717, 1.165) is 6.07 Å². The van der Waals surface area contributed by atoms with Crippen LogP contribution in [0.4, 0.5) is 11.4 Å². The van der Waals surface area contributed by atoms with Gasteiger partial charge in [0.1, 0.15) is 0 Å². The average molecular weight is 323 g/mol. The molecule has 0 heterocycles. The monoisotopic (exact) mass is 323 g/mol. The van der Waals surface area contributed by atoms with Gasteiger partial charge in [-0.05, 0) is 24.3 Å². The molecule has 0 aliphatic heterocycles. The summed E-state index contributed by atoms with van der Waals surface area (Å²) < 4.78 is 0. The maximum absolute atomic E-state index is 11.9. The molecule has 2 aromatic carbocycles. The Morgan fingerprint density at radius 1 is 1.17 bits per heavy atom. The second-order valence-corrected chi connectivity index (χ2v) is 4.76. The van der Waals surface area contributed by atoms with Crippen LogP contribution >= 0.6 is 0 Å². The molecule has 0 aromatic heterocycles. The molecule has 24 heavy (non-hydrogen) atoms. The molecule has 2 aromatic rings. The number of nitro benzene ring substituents is 1. The fourth-order valence-electron chi connectivity index (χ4n) is 1.92. The molecular weight excluding hydrogens is 310 g/mol. The number of nitrogens with one attached hydrogen (secondary N) is 2. The highest BCUT2D eigenvalue weighted by atomic mass is 16.6. The second-order valence-electron chi connectivity index (χ2n) is 4.76. The van der Waals surface area contributed by atoms with Gasteiger partial charge in [-0.25, -0.2) is 0 Å². The first kappa shape index (κ1) is 16.7. The zero-order valence-electron chi connectivity index (χ0n) is 12.5. The number of rotatable bonds is 5. The SMILES string of the molecule is C#Cc1cccc(NC(=O)CNC(=O)c2cccc([N+](=O)[O-])c2)c1. The van der Waals surface area contributed by atoms with Crippen molar-refractivity contribution < 1.29 is 14.5 Å². The first-order chi connectivity index (χ1) is 11.5. The lowest BCUT2D eigenvalue weighted by Crippen LogP contribution is -2.32. The van der Waals surface area contributed by atoms with Crippen LogP contribution in [0.2, 0.25) is 0 Å². The number of non-ortho nitro benzene ring substituents is 1. The molecule has 0 unspecified atom stereocenters. The van der Waals surface area contributed by atoms with Gasteiger partial charge in [0.05, 0.1) is 11.5 Å². The number of carbonyl (C=O) groups is 2. The summed E-state index contributed by atoms with van der Waals surface area (Å²) in [6.07, 6.45) is 5.28. The van der Waals surface area contributed by atoms with Crippen molar-refractivity contribution in [2.24, 2.45) is 0 Å². The zero-order chi connectivity index (χ0) is 17.5. The van der Waals surface area contributed by atoms with Crippen molar-refractivity contribution in [3.8, 4) is 12.3 Å². The van der Waals surface area contributed by atoms with Crippen LogP contribution in [-0.2, 0) is 4.79 Å². The quantitative estimate of drug-likeness (QED) is 0.499. The van der Waals surface area contributed by atoms with Crippen molar-refractivity contribution in [1.29, 1.82) is 0 Å². The van der Waals surface area contributed by atoms with Crippen LogP contribution in [0.25, 0.3) is 0 Å². The number of anilines is 1.